The molecule has 5 N–H and O–H groups in total. The molecule has 0 aromatic carbocycles. The van der Waals surface area contributed by atoms with Gasteiger partial charge in [0.2, 0.25) is 0 Å². The maximum absolute atomic E-state index is 9.06. The molecule has 8 heteroatoms. The van der Waals surface area contributed by atoms with Gasteiger partial charge in [0.1, 0.15) is 10.7 Å². The third-order valence-electron chi connectivity index (χ3n) is 3.41. The van der Waals surface area contributed by atoms with E-state index < -0.39 is 0 Å². The summed E-state index contributed by atoms with van der Waals surface area (Å²) in [5.41, 5.74) is 3.78. The highest BCUT2D eigenvalue weighted by Gasteiger charge is 2.15. The summed E-state index contributed by atoms with van der Waals surface area (Å²) in [5, 5.41) is 19.1. The second-order valence-electron chi connectivity index (χ2n) is 4.82. The number of rotatable bonds is 7. The number of hydrogen-bond acceptors (Lipinski definition) is 8. The molecule has 0 atom stereocenters. The highest BCUT2D eigenvalue weighted by atomic mass is 32.1. The minimum absolute atomic E-state index is 0.0292. The number of aromatic nitrogens is 2. The van der Waals surface area contributed by atoms with Crippen LogP contribution in [0.3, 0.4) is 0 Å². The monoisotopic (exact) mass is 311 g/mol. The molecule has 2 rings (SSSR count). The van der Waals surface area contributed by atoms with Crippen LogP contribution in [-0.2, 0) is 6.54 Å². The summed E-state index contributed by atoms with van der Waals surface area (Å²) in [5.74, 6) is 6.82. The molecule has 2 aromatic rings. The SMILES string of the molecule is Cc1sc2nc(CN(CCO)CCO)nc(NN)c2c1C. The van der Waals surface area contributed by atoms with E-state index in [4.69, 9.17) is 16.1 Å². The average Bonchev–Trinajstić information content (AvgIpc) is 2.74. The lowest BCUT2D eigenvalue weighted by Gasteiger charge is -2.19. The number of fused-ring (bicyclic) bond motifs is 1. The first-order valence-corrected chi connectivity index (χ1v) is 7.59. The molecule has 2 heterocycles. The molecule has 0 fully saturated rings. The van der Waals surface area contributed by atoms with Crippen molar-refractivity contribution in [1.82, 2.24) is 14.9 Å². The lowest BCUT2D eigenvalue weighted by molar-refractivity contribution is 0.153. The summed E-state index contributed by atoms with van der Waals surface area (Å²) in [7, 11) is 0. The molecule has 0 amide bonds. The fourth-order valence-electron chi connectivity index (χ4n) is 2.22. The predicted octanol–water partition coefficient (Wildman–Crippen LogP) is 0.380. The molecule has 0 spiro atoms. The zero-order chi connectivity index (χ0) is 15.4. The molecule has 0 radical (unpaired) electrons. The van der Waals surface area contributed by atoms with Gasteiger partial charge in [0.05, 0.1) is 25.1 Å². The lowest BCUT2D eigenvalue weighted by atomic mass is 10.2. The zero-order valence-corrected chi connectivity index (χ0v) is 13.1. The molecular weight excluding hydrogens is 290 g/mol. The number of hydrogen-bond donors (Lipinski definition) is 4. The van der Waals surface area contributed by atoms with E-state index in [1.54, 1.807) is 11.3 Å². The molecule has 0 aliphatic heterocycles. The Hall–Kier alpha value is -1.32. The van der Waals surface area contributed by atoms with E-state index >= 15 is 0 Å². The van der Waals surface area contributed by atoms with E-state index in [1.165, 1.54) is 4.88 Å². The van der Waals surface area contributed by atoms with Gasteiger partial charge >= 0.3 is 0 Å². The van der Waals surface area contributed by atoms with Gasteiger partial charge in [-0.3, -0.25) is 4.90 Å². The van der Waals surface area contributed by atoms with Crippen LogP contribution in [0.25, 0.3) is 10.2 Å². The number of nitrogen functional groups attached to an aromatic ring is 1. The van der Waals surface area contributed by atoms with Crippen molar-refractivity contribution < 1.29 is 10.2 Å². The number of aliphatic hydroxyl groups is 2. The van der Waals surface area contributed by atoms with Gasteiger partial charge in [-0.2, -0.15) is 0 Å². The molecule has 116 valence electrons. The van der Waals surface area contributed by atoms with Crippen LogP contribution in [0.5, 0.6) is 0 Å². The Bertz CT molecular complexity index is 610. The van der Waals surface area contributed by atoms with Crippen molar-refractivity contribution in [2.24, 2.45) is 5.84 Å². The predicted molar refractivity (Wildman–Crippen MR) is 84.1 cm³/mol. The second kappa shape index (κ2) is 7.10. The van der Waals surface area contributed by atoms with Gasteiger partial charge in [-0.1, -0.05) is 0 Å². The molecule has 0 saturated carbocycles. The minimum atomic E-state index is 0.0292. The van der Waals surface area contributed by atoms with Gasteiger partial charge in [-0.15, -0.1) is 11.3 Å². The van der Waals surface area contributed by atoms with Gasteiger partial charge in [0, 0.05) is 18.0 Å². The number of hydrazine groups is 1. The molecule has 2 aromatic heterocycles. The first-order valence-electron chi connectivity index (χ1n) is 6.78. The summed E-state index contributed by atoms with van der Waals surface area (Å²) in [4.78, 5) is 13.0. The first kappa shape index (κ1) is 16.1. The van der Waals surface area contributed by atoms with Crippen LogP contribution in [0.15, 0.2) is 0 Å². The Morgan fingerprint density at radius 2 is 1.86 bits per heavy atom. The standard InChI is InChI=1S/C13H21N5O2S/c1-8-9(2)21-13-11(8)12(17-14)15-10(16-13)7-18(3-5-19)4-6-20/h19-20H,3-7,14H2,1-2H3,(H,15,16,17). The Kier molecular flexibility index (Phi) is 5.43. The van der Waals surface area contributed by atoms with E-state index in [9.17, 15) is 0 Å². The topological polar surface area (TPSA) is 108 Å². The first-order chi connectivity index (χ1) is 10.1. The van der Waals surface area contributed by atoms with Crippen LogP contribution in [0.2, 0.25) is 0 Å². The Morgan fingerprint density at radius 1 is 1.19 bits per heavy atom. The lowest BCUT2D eigenvalue weighted by Crippen LogP contribution is -2.30. The van der Waals surface area contributed by atoms with E-state index in [0.717, 1.165) is 15.8 Å². The van der Waals surface area contributed by atoms with E-state index in [0.29, 0.717) is 31.3 Å². The van der Waals surface area contributed by atoms with E-state index in [1.807, 2.05) is 18.7 Å². The minimum Gasteiger partial charge on any atom is -0.395 e. The highest BCUT2D eigenvalue weighted by Crippen LogP contribution is 2.32. The van der Waals surface area contributed by atoms with Crippen molar-refractivity contribution in [1.29, 1.82) is 0 Å². The fourth-order valence-corrected chi connectivity index (χ4v) is 3.27. The number of anilines is 1. The van der Waals surface area contributed by atoms with Crippen molar-refractivity contribution in [2.75, 3.05) is 31.7 Å². The smallest absolute Gasteiger partial charge is 0.152 e. The quantitative estimate of drug-likeness (QED) is 0.432. The summed E-state index contributed by atoms with van der Waals surface area (Å²) < 4.78 is 0. The van der Waals surface area contributed by atoms with Crippen LogP contribution in [-0.4, -0.2) is 51.4 Å². The number of nitrogens with one attached hydrogen (secondary N) is 1. The van der Waals surface area contributed by atoms with Crippen molar-refractivity contribution >= 4 is 27.4 Å². The van der Waals surface area contributed by atoms with Gasteiger partial charge < -0.3 is 15.6 Å². The zero-order valence-electron chi connectivity index (χ0n) is 12.3. The van der Waals surface area contributed by atoms with Gasteiger partial charge in [0.25, 0.3) is 0 Å². The van der Waals surface area contributed by atoms with Crippen LogP contribution < -0.4 is 11.3 Å². The summed E-state index contributed by atoms with van der Waals surface area (Å²) in [6.07, 6.45) is 0. The number of aliphatic hydroxyl groups excluding tert-OH is 2. The average molecular weight is 311 g/mol. The molecule has 7 nitrogen and oxygen atoms in total. The van der Waals surface area contributed by atoms with Gasteiger partial charge in [-0.05, 0) is 19.4 Å². The Morgan fingerprint density at radius 3 is 2.43 bits per heavy atom. The number of nitrogens with two attached hydrogens (primary N) is 1. The number of thiophene rings is 1. The van der Waals surface area contributed by atoms with Crippen molar-refractivity contribution in [3.05, 3.63) is 16.3 Å². The summed E-state index contributed by atoms with van der Waals surface area (Å²) in [6, 6.07) is 0. The molecular formula is C13H21N5O2S. The molecule has 0 aliphatic rings. The van der Waals surface area contributed by atoms with E-state index in [2.05, 4.69) is 15.4 Å². The van der Waals surface area contributed by atoms with Crippen molar-refractivity contribution in [3.8, 4) is 0 Å². The van der Waals surface area contributed by atoms with Gasteiger partial charge in [-0.25, -0.2) is 15.8 Å². The van der Waals surface area contributed by atoms with Crippen LogP contribution in [0.1, 0.15) is 16.3 Å². The number of aryl methyl sites for hydroxylation is 2. The fraction of sp³-hybridized carbons (Fsp3) is 0.538. The highest BCUT2D eigenvalue weighted by molar-refractivity contribution is 7.18. The van der Waals surface area contributed by atoms with Crippen molar-refractivity contribution in [3.63, 3.8) is 0 Å². The van der Waals surface area contributed by atoms with Crippen molar-refractivity contribution in [2.45, 2.75) is 20.4 Å². The number of nitrogens with zero attached hydrogens (tertiary/aromatic N) is 3. The largest absolute Gasteiger partial charge is 0.395 e. The second-order valence-corrected chi connectivity index (χ2v) is 6.02. The molecule has 0 aliphatic carbocycles. The Balaban J connectivity index is 2.36. The van der Waals surface area contributed by atoms with Crippen LogP contribution in [0.4, 0.5) is 5.82 Å². The normalized spacial score (nSPS) is 11.5. The van der Waals surface area contributed by atoms with E-state index in [-0.39, 0.29) is 13.2 Å². The van der Waals surface area contributed by atoms with Crippen LogP contribution >= 0.6 is 11.3 Å². The maximum Gasteiger partial charge on any atom is 0.152 e. The third-order valence-corrected chi connectivity index (χ3v) is 4.51. The molecule has 0 bridgehead atoms. The Labute approximate surface area is 127 Å². The summed E-state index contributed by atoms with van der Waals surface area (Å²) >= 11 is 1.61. The summed E-state index contributed by atoms with van der Waals surface area (Å²) in [6.45, 7) is 5.53. The maximum atomic E-state index is 9.06. The molecule has 0 unspecified atom stereocenters. The van der Waals surface area contributed by atoms with Crippen LogP contribution in [0, 0.1) is 13.8 Å². The molecule has 0 saturated heterocycles. The van der Waals surface area contributed by atoms with Gasteiger partial charge in [0.15, 0.2) is 5.82 Å². The third kappa shape index (κ3) is 3.47. The molecule has 21 heavy (non-hydrogen) atoms.